The summed E-state index contributed by atoms with van der Waals surface area (Å²) in [5.41, 5.74) is 8.26. The van der Waals surface area contributed by atoms with E-state index in [-0.39, 0.29) is 11.8 Å². The third-order valence-corrected chi connectivity index (χ3v) is 2.77. The number of aromatic hydroxyl groups is 1. The number of hydrogen-bond donors (Lipinski definition) is 2. The molecule has 1 aromatic carbocycles. The minimum atomic E-state index is -0.118. The van der Waals surface area contributed by atoms with Crippen LogP contribution < -0.4 is 5.73 Å². The zero-order valence-corrected chi connectivity index (χ0v) is 7.83. The molecule has 0 saturated heterocycles. The molecule has 0 unspecified atom stereocenters. The second-order valence-electron chi connectivity index (χ2n) is 3.64. The Balaban J connectivity index is 2.65. The first-order chi connectivity index (χ1) is 6.74. The molecule has 72 valence electrons. The van der Waals surface area contributed by atoms with E-state index in [1.807, 2.05) is 0 Å². The molecule has 1 atom stereocenters. The molecule has 1 aliphatic carbocycles. The molecule has 0 aromatic heterocycles. The van der Waals surface area contributed by atoms with Gasteiger partial charge >= 0.3 is 0 Å². The highest BCUT2D eigenvalue weighted by atomic mass is 16.3. The maximum Gasteiger partial charge on any atom is 0.120 e. The SMILES string of the molecule is N#Cc1ccc(O)c2c1CCC[C@@H]2N. The summed E-state index contributed by atoms with van der Waals surface area (Å²) in [5, 5.41) is 18.6. The fraction of sp³-hybridized carbons (Fsp3) is 0.364. The molecular weight excluding hydrogens is 176 g/mol. The van der Waals surface area contributed by atoms with Crippen LogP contribution in [-0.4, -0.2) is 5.11 Å². The monoisotopic (exact) mass is 188 g/mol. The van der Waals surface area contributed by atoms with Gasteiger partial charge in [-0.3, -0.25) is 0 Å². The van der Waals surface area contributed by atoms with Crippen molar-refractivity contribution < 1.29 is 5.11 Å². The Morgan fingerprint density at radius 1 is 1.50 bits per heavy atom. The standard InChI is InChI=1S/C11H12N2O/c12-6-7-4-5-10(14)11-8(7)2-1-3-9(11)13/h4-5,9,14H,1-3,13H2/t9-/m0/s1. The highest BCUT2D eigenvalue weighted by molar-refractivity contribution is 5.51. The van der Waals surface area contributed by atoms with Crippen molar-refractivity contribution in [2.45, 2.75) is 25.3 Å². The van der Waals surface area contributed by atoms with Crippen LogP contribution in [0.1, 0.15) is 35.6 Å². The molecule has 3 N–H and O–H groups in total. The number of nitrogens with zero attached hydrogens (tertiary/aromatic N) is 1. The Kier molecular flexibility index (Phi) is 2.14. The first-order valence-corrected chi connectivity index (χ1v) is 4.74. The number of phenols is 1. The number of nitriles is 1. The number of fused-ring (bicyclic) bond motifs is 1. The summed E-state index contributed by atoms with van der Waals surface area (Å²) in [6.07, 6.45) is 2.72. The molecule has 14 heavy (non-hydrogen) atoms. The fourth-order valence-corrected chi connectivity index (χ4v) is 2.08. The average Bonchev–Trinajstić information content (AvgIpc) is 2.18. The average molecular weight is 188 g/mol. The van der Waals surface area contributed by atoms with Gasteiger partial charge in [0, 0.05) is 11.6 Å². The molecule has 0 aliphatic heterocycles. The molecule has 0 fully saturated rings. The minimum Gasteiger partial charge on any atom is -0.508 e. The molecular formula is C11H12N2O. The van der Waals surface area contributed by atoms with Crippen molar-refractivity contribution in [2.75, 3.05) is 0 Å². The molecule has 0 bridgehead atoms. The summed E-state index contributed by atoms with van der Waals surface area (Å²) in [4.78, 5) is 0. The lowest BCUT2D eigenvalue weighted by molar-refractivity contribution is 0.447. The van der Waals surface area contributed by atoms with Crippen LogP contribution in [0.4, 0.5) is 0 Å². The van der Waals surface area contributed by atoms with Crippen molar-refractivity contribution in [3.05, 3.63) is 28.8 Å². The number of rotatable bonds is 0. The highest BCUT2D eigenvalue weighted by Gasteiger charge is 2.22. The van der Waals surface area contributed by atoms with Crippen LogP contribution in [0.25, 0.3) is 0 Å². The second-order valence-corrected chi connectivity index (χ2v) is 3.64. The normalized spacial score (nSPS) is 19.9. The van der Waals surface area contributed by atoms with Crippen LogP contribution >= 0.6 is 0 Å². The van der Waals surface area contributed by atoms with Crippen LogP contribution in [0, 0.1) is 11.3 Å². The number of hydrogen-bond acceptors (Lipinski definition) is 3. The van der Waals surface area contributed by atoms with Gasteiger partial charge in [-0.15, -0.1) is 0 Å². The van der Waals surface area contributed by atoms with Gasteiger partial charge in [0.05, 0.1) is 11.6 Å². The molecule has 1 aromatic rings. The first-order valence-electron chi connectivity index (χ1n) is 4.74. The topological polar surface area (TPSA) is 70.0 Å². The Morgan fingerprint density at radius 2 is 2.29 bits per heavy atom. The molecule has 0 radical (unpaired) electrons. The van der Waals surface area contributed by atoms with Gasteiger partial charge in [0.1, 0.15) is 5.75 Å². The van der Waals surface area contributed by atoms with E-state index >= 15 is 0 Å². The van der Waals surface area contributed by atoms with Gasteiger partial charge < -0.3 is 10.8 Å². The van der Waals surface area contributed by atoms with Crippen LogP contribution in [0.5, 0.6) is 5.75 Å². The van der Waals surface area contributed by atoms with Gasteiger partial charge in [0.15, 0.2) is 0 Å². The van der Waals surface area contributed by atoms with Gasteiger partial charge in [-0.05, 0) is 37.0 Å². The largest absolute Gasteiger partial charge is 0.508 e. The summed E-state index contributed by atoms with van der Waals surface area (Å²) < 4.78 is 0. The minimum absolute atomic E-state index is 0.118. The molecule has 3 heteroatoms. The van der Waals surface area contributed by atoms with Crippen LogP contribution in [0.3, 0.4) is 0 Å². The van der Waals surface area contributed by atoms with E-state index in [0.717, 1.165) is 30.4 Å². The van der Waals surface area contributed by atoms with Crippen LogP contribution in [0.2, 0.25) is 0 Å². The van der Waals surface area contributed by atoms with Crippen LogP contribution in [-0.2, 0) is 6.42 Å². The van der Waals surface area contributed by atoms with E-state index in [1.54, 1.807) is 12.1 Å². The third kappa shape index (κ3) is 1.24. The Labute approximate surface area is 82.8 Å². The summed E-state index contributed by atoms with van der Waals surface area (Å²) in [5.74, 6) is 0.228. The maximum atomic E-state index is 9.66. The summed E-state index contributed by atoms with van der Waals surface area (Å²) in [6.45, 7) is 0. The zero-order chi connectivity index (χ0) is 10.1. The number of benzene rings is 1. The predicted octanol–water partition coefficient (Wildman–Crippen LogP) is 1.60. The smallest absolute Gasteiger partial charge is 0.120 e. The lowest BCUT2D eigenvalue weighted by Crippen LogP contribution is -2.18. The Hall–Kier alpha value is -1.53. The highest BCUT2D eigenvalue weighted by Crippen LogP contribution is 2.36. The molecule has 0 saturated carbocycles. The van der Waals surface area contributed by atoms with E-state index in [1.165, 1.54) is 0 Å². The van der Waals surface area contributed by atoms with Crippen LogP contribution in [0.15, 0.2) is 12.1 Å². The van der Waals surface area contributed by atoms with Crippen molar-refractivity contribution in [3.63, 3.8) is 0 Å². The second kappa shape index (κ2) is 3.32. The van der Waals surface area contributed by atoms with Gasteiger partial charge in [-0.25, -0.2) is 0 Å². The van der Waals surface area contributed by atoms with Crippen molar-refractivity contribution >= 4 is 0 Å². The molecule has 1 aliphatic rings. The first kappa shape index (κ1) is 9.04. The third-order valence-electron chi connectivity index (χ3n) is 2.77. The van der Waals surface area contributed by atoms with E-state index in [2.05, 4.69) is 6.07 Å². The van der Waals surface area contributed by atoms with Gasteiger partial charge in [0.25, 0.3) is 0 Å². The predicted molar refractivity (Wildman–Crippen MR) is 52.7 cm³/mol. The Bertz CT molecular complexity index is 406. The molecule has 0 spiro atoms. The summed E-state index contributed by atoms with van der Waals surface area (Å²) in [7, 11) is 0. The van der Waals surface area contributed by atoms with Crippen molar-refractivity contribution in [3.8, 4) is 11.8 Å². The number of phenolic OH excluding ortho intramolecular Hbond substituents is 1. The van der Waals surface area contributed by atoms with E-state index < -0.39 is 0 Å². The summed E-state index contributed by atoms with van der Waals surface area (Å²) in [6, 6.07) is 5.23. The van der Waals surface area contributed by atoms with Gasteiger partial charge in [0.2, 0.25) is 0 Å². The molecule has 2 rings (SSSR count). The molecule has 3 nitrogen and oxygen atoms in total. The van der Waals surface area contributed by atoms with Gasteiger partial charge in [-0.1, -0.05) is 0 Å². The van der Waals surface area contributed by atoms with E-state index in [9.17, 15) is 5.11 Å². The quantitative estimate of drug-likeness (QED) is 0.649. The lowest BCUT2D eigenvalue weighted by atomic mass is 9.85. The van der Waals surface area contributed by atoms with Crippen molar-refractivity contribution in [2.24, 2.45) is 5.73 Å². The van der Waals surface area contributed by atoms with Gasteiger partial charge in [-0.2, -0.15) is 5.26 Å². The molecule has 0 heterocycles. The number of nitrogens with two attached hydrogens (primary N) is 1. The Morgan fingerprint density at radius 3 is 3.00 bits per heavy atom. The van der Waals surface area contributed by atoms with Crippen molar-refractivity contribution in [1.29, 1.82) is 5.26 Å². The lowest BCUT2D eigenvalue weighted by Gasteiger charge is -2.23. The maximum absolute atomic E-state index is 9.66. The molecule has 0 amide bonds. The van der Waals surface area contributed by atoms with E-state index in [0.29, 0.717) is 5.56 Å². The van der Waals surface area contributed by atoms with E-state index in [4.69, 9.17) is 11.0 Å². The zero-order valence-electron chi connectivity index (χ0n) is 7.83. The van der Waals surface area contributed by atoms with Crippen molar-refractivity contribution in [1.82, 2.24) is 0 Å². The summed E-state index contributed by atoms with van der Waals surface area (Å²) >= 11 is 0. The fourth-order valence-electron chi connectivity index (χ4n) is 2.08.